The first kappa shape index (κ1) is 16.2. The summed E-state index contributed by atoms with van der Waals surface area (Å²) in [5, 5.41) is 9.08. The number of carboxylic acids is 1. The van der Waals surface area contributed by atoms with Gasteiger partial charge in [0, 0.05) is 18.1 Å². The Morgan fingerprint density at radius 1 is 1.52 bits per heavy atom. The van der Waals surface area contributed by atoms with E-state index in [4.69, 9.17) is 21.4 Å². The normalized spacial score (nSPS) is 19.8. The van der Waals surface area contributed by atoms with Crippen LogP contribution in [0.15, 0.2) is 23.1 Å². The van der Waals surface area contributed by atoms with Gasteiger partial charge < -0.3 is 9.84 Å². The second kappa shape index (κ2) is 6.31. The summed E-state index contributed by atoms with van der Waals surface area (Å²) in [6.07, 6.45) is 0.100. The molecule has 0 amide bonds. The standard InChI is InChI=1S/C13H16ClNO5S/c1-9-6-11(2-3-12(9)14)21(18,19)15-5-4-10(7-15)20-8-13(16)17/h2-3,6,10H,4-5,7-8H2,1H3,(H,16,17)/t10-/m0/s1. The smallest absolute Gasteiger partial charge is 0.329 e. The summed E-state index contributed by atoms with van der Waals surface area (Å²) in [7, 11) is -3.60. The van der Waals surface area contributed by atoms with Crippen LogP contribution in [0.4, 0.5) is 0 Å². The Morgan fingerprint density at radius 3 is 2.86 bits per heavy atom. The zero-order valence-corrected chi connectivity index (χ0v) is 13.0. The van der Waals surface area contributed by atoms with E-state index in [1.165, 1.54) is 16.4 Å². The highest BCUT2D eigenvalue weighted by atomic mass is 35.5. The van der Waals surface area contributed by atoms with Crippen molar-refractivity contribution in [2.75, 3.05) is 19.7 Å². The van der Waals surface area contributed by atoms with E-state index in [0.29, 0.717) is 23.6 Å². The first-order chi connectivity index (χ1) is 9.80. The second-order valence-electron chi connectivity index (χ2n) is 4.89. The van der Waals surface area contributed by atoms with Gasteiger partial charge in [0.1, 0.15) is 6.61 Å². The fourth-order valence-corrected chi connectivity index (χ4v) is 3.86. The molecular formula is C13H16ClNO5S. The molecule has 1 aromatic rings. The highest BCUT2D eigenvalue weighted by Crippen LogP contribution is 2.25. The highest BCUT2D eigenvalue weighted by Gasteiger charge is 2.33. The van der Waals surface area contributed by atoms with Gasteiger partial charge in [-0.05, 0) is 37.1 Å². The summed E-state index contributed by atoms with van der Waals surface area (Å²) >= 11 is 5.90. The maximum absolute atomic E-state index is 12.5. The van der Waals surface area contributed by atoms with Crippen LogP contribution in [0.25, 0.3) is 0 Å². The number of ether oxygens (including phenoxy) is 1. The SMILES string of the molecule is Cc1cc(S(=O)(=O)N2CC[C@H](OCC(=O)O)C2)ccc1Cl. The van der Waals surface area contributed by atoms with Gasteiger partial charge in [-0.25, -0.2) is 13.2 Å². The highest BCUT2D eigenvalue weighted by molar-refractivity contribution is 7.89. The van der Waals surface area contributed by atoms with E-state index in [1.54, 1.807) is 13.0 Å². The van der Waals surface area contributed by atoms with Crippen LogP contribution in [0.1, 0.15) is 12.0 Å². The molecule has 1 atom stereocenters. The zero-order chi connectivity index (χ0) is 15.6. The number of nitrogens with zero attached hydrogens (tertiary/aromatic N) is 1. The Bertz CT molecular complexity index is 646. The molecule has 0 bridgehead atoms. The van der Waals surface area contributed by atoms with Crippen LogP contribution in [0.2, 0.25) is 5.02 Å². The minimum absolute atomic E-state index is 0.164. The third kappa shape index (κ3) is 3.74. The van der Waals surface area contributed by atoms with Crippen LogP contribution in [-0.4, -0.2) is 49.6 Å². The van der Waals surface area contributed by atoms with Crippen LogP contribution in [0.3, 0.4) is 0 Å². The average Bonchev–Trinajstić information content (AvgIpc) is 2.89. The van der Waals surface area contributed by atoms with E-state index in [9.17, 15) is 13.2 Å². The van der Waals surface area contributed by atoms with Crippen LogP contribution < -0.4 is 0 Å². The van der Waals surface area contributed by atoms with Crippen LogP contribution in [-0.2, 0) is 19.6 Å². The molecule has 1 aromatic carbocycles. The summed E-state index contributed by atoms with van der Waals surface area (Å²) in [5.41, 5.74) is 0.690. The van der Waals surface area contributed by atoms with Crippen molar-refractivity contribution in [3.8, 4) is 0 Å². The molecule has 0 unspecified atom stereocenters. The Labute approximate surface area is 128 Å². The number of carbonyl (C=O) groups is 1. The fraction of sp³-hybridized carbons (Fsp3) is 0.462. The maximum Gasteiger partial charge on any atom is 0.329 e. The van der Waals surface area contributed by atoms with Gasteiger partial charge >= 0.3 is 5.97 Å². The number of sulfonamides is 1. The topological polar surface area (TPSA) is 83.9 Å². The first-order valence-corrected chi connectivity index (χ1v) is 8.22. The summed E-state index contributed by atoms with van der Waals surface area (Å²) in [5.74, 6) is -1.07. The number of aryl methyl sites for hydroxylation is 1. The van der Waals surface area contributed by atoms with Crippen molar-refractivity contribution < 1.29 is 23.1 Å². The van der Waals surface area contributed by atoms with Gasteiger partial charge in [0.25, 0.3) is 0 Å². The number of hydrogen-bond donors (Lipinski definition) is 1. The molecule has 116 valence electrons. The molecule has 6 nitrogen and oxygen atoms in total. The molecule has 1 aliphatic heterocycles. The third-order valence-electron chi connectivity index (χ3n) is 3.32. The number of hydrogen-bond acceptors (Lipinski definition) is 4. The average molecular weight is 334 g/mol. The van der Waals surface area contributed by atoms with Crippen molar-refractivity contribution in [2.24, 2.45) is 0 Å². The van der Waals surface area contributed by atoms with E-state index in [-0.39, 0.29) is 17.5 Å². The minimum Gasteiger partial charge on any atom is -0.480 e. The molecule has 0 radical (unpaired) electrons. The van der Waals surface area contributed by atoms with E-state index in [0.717, 1.165) is 0 Å². The predicted molar refractivity (Wildman–Crippen MR) is 76.9 cm³/mol. The summed E-state index contributed by atoms with van der Waals surface area (Å²) in [4.78, 5) is 10.6. The van der Waals surface area contributed by atoms with Gasteiger partial charge in [-0.1, -0.05) is 11.6 Å². The molecular weight excluding hydrogens is 318 g/mol. The molecule has 0 spiro atoms. The number of aliphatic carboxylic acids is 1. The van der Waals surface area contributed by atoms with Gasteiger partial charge in [0.2, 0.25) is 10.0 Å². The van der Waals surface area contributed by atoms with E-state index < -0.39 is 22.6 Å². The fourth-order valence-electron chi connectivity index (χ4n) is 2.17. The first-order valence-electron chi connectivity index (χ1n) is 6.40. The number of benzene rings is 1. The number of carboxylic acid groups (broad SMARTS) is 1. The second-order valence-corrected chi connectivity index (χ2v) is 7.23. The Hall–Kier alpha value is -1.15. The van der Waals surface area contributed by atoms with Crippen LogP contribution in [0, 0.1) is 6.92 Å². The lowest BCUT2D eigenvalue weighted by atomic mass is 10.2. The van der Waals surface area contributed by atoms with Crippen molar-refractivity contribution in [1.29, 1.82) is 0 Å². The van der Waals surface area contributed by atoms with Crippen LogP contribution in [0.5, 0.6) is 0 Å². The van der Waals surface area contributed by atoms with Gasteiger partial charge in [-0.15, -0.1) is 0 Å². The lowest BCUT2D eigenvalue weighted by Gasteiger charge is -2.17. The van der Waals surface area contributed by atoms with Gasteiger partial charge in [0.15, 0.2) is 0 Å². The Morgan fingerprint density at radius 2 is 2.24 bits per heavy atom. The molecule has 2 rings (SSSR count). The third-order valence-corrected chi connectivity index (χ3v) is 5.60. The number of halogens is 1. The molecule has 1 fully saturated rings. The molecule has 1 aliphatic rings. The van der Waals surface area contributed by atoms with Crippen molar-refractivity contribution >= 4 is 27.6 Å². The van der Waals surface area contributed by atoms with Crippen molar-refractivity contribution in [3.05, 3.63) is 28.8 Å². The van der Waals surface area contributed by atoms with E-state index >= 15 is 0 Å². The quantitative estimate of drug-likeness (QED) is 0.883. The lowest BCUT2D eigenvalue weighted by Crippen LogP contribution is -2.30. The van der Waals surface area contributed by atoms with E-state index in [2.05, 4.69) is 0 Å². The summed E-state index contributed by atoms with van der Waals surface area (Å²) < 4.78 is 31.4. The predicted octanol–water partition coefficient (Wildman–Crippen LogP) is 1.51. The van der Waals surface area contributed by atoms with Gasteiger partial charge in [0.05, 0.1) is 11.0 Å². The molecule has 1 saturated heterocycles. The monoisotopic (exact) mass is 333 g/mol. The molecule has 1 N–H and O–H groups in total. The maximum atomic E-state index is 12.5. The van der Waals surface area contributed by atoms with Crippen molar-refractivity contribution in [2.45, 2.75) is 24.3 Å². The van der Waals surface area contributed by atoms with Crippen molar-refractivity contribution in [1.82, 2.24) is 4.31 Å². The molecule has 1 heterocycles. The molecule has 0 aliphatic carbocycles. The molecule has 21 heavy (non-hydrogen) atoms. The largest absolute Gasteiger partial charge is 0.480 e. The van der Waals surface area contributed by atoms with Crippen molar-refractivity contribution in [3.63, 3.8) is 0 Å². The summed E-state index contributed by atoms with van der Waals surface area (Å²) in [6, 6.07) is 4.55. The van der Waals surface area contributed by atoms with Gasteiger partial charge in [-0.2, -0.15) is 4.31 Å². The van der Waals surface area contributed by atoms with Crippen LogP contribution >= 0.6 is 11.6 Å². The molecule has 0 aromatic heterocycles. The minimum atomic E-state index is -3.60. The Kier molecular flexibility index (Phi) is 4.88. The zero-order valence-electron chi connectivity index (χ0n) is 11.5. The lowest BCUT2D eigenvalue weighted by molar-refractivity contribution is -0.144. The number of rotatable bonds is 5. The summed E-state index contributed by atoms with van der Waals surface area (Å²) in [6.45, 7) is 1.80. The van der Waals surface area contributed by atoms with Gasteiger partial charge in [-0.3, -0.25) is 0 Å². The molecule has 8 heteroatoms. The van der Waals surface area contributed by atoms with E-state index in [1.807, 2.05) is 0 Å². The molecule has 0 saturated carbocycles. The Balaban J connectivity index is 2.10.